The molecule has 5 heterocycles. The number of esters is 1. The van der Waals surface area contributed by atoms with E-state index < -0.39 is 0 Å². The second-order valence-corrected chi connectivity index (χ2v) is 15.2. The fraction of sp³-hybridized carbons (Fsp3) is 0.373. The lowest BCUT2D eigenvalue weighted by atomic mass is 9.85. The van der Waals surface area contributed by atoms with E-state index in [-0.39, 0.29) is 11.9 Å². The van der Waals surface area contributed by atoms with Crippen molar-refractivity contribution in [2.75, 3.05) is 14.2 Å². The highest BCUT2D eigenvalue weighted by atomic mass is 16.5. The molecule has 1 atom stereocenters. The summed E-state index contributed by atoms with van der Waals surface area (Å²) in [7, 11) is 3.18. The zero-order valence-corrected chi connectivity index (χ0v) is 36.2. The summed E-state index contributed by atoms with van der Waals surface area (Å²) in [4.78, 5) is 31.3. The Morgan fingerprint density at radius 1 is 0.621 bits per heavy atom. The van der Waals surface area contributed by atoms with Gasteiger partial charge < -0.3 is 24.4 Å². The van der Waals surface area contributed by atoms with Crippen molar-refractivity contribution >= 4 is 29.4 Å². The lowest BCUT2D eigenvalue weighted by Crippen LogP contribution is -2.23. The minimum absolute atomic E-state index is 0.0607. The van der Waals surface area contributed by atoms with Crippen molar-refractivity contribution in [2.24, 2.45) is 4.99 Å². The Kier molecular flexibility index (Phi) is 12.0. The van der Waals surface area contributed by atoms with E-state index in [0.29, 0.717) is 5.56 Å². The minimum atomic E-state index is -0.363. The molecule has 7 heteroatoms. The van der Waals surface area contributed by atoms with Crippen LogP contribution in [0, 0.1) is 0 Å². The molecule has 58 heavy (non-hydrogen) atoms. The number of methoxy groups -OCH3 is 2. The topological polar surface area (TPSA) is 95.3 Å². The summed E-state index contributed by atoms with van der Waals surface area (Å²) < 4.78 is 11.0. The highest BCUT2D eigenvalue weighted by molar-refractivity contribution is 6.34. The van der Waals surface area contributed by atoms with Crippen molar-refractivity contribution in [1.29, 1.82) is 0 Å². The van der Waals surface area contributed by atoms with Gasteiger partial charge in [0, 0.05) is 39.3 Å². The molecule has 0 saturated carbocycles. The molecule has 2 aromatic carbocycles. The van der Waals surface area contributed by atoms with Crippen molar-refractivity contribution in [1.82, 2.24) is 15.0 Å². The molecule has 7 rings (SSSR count). The van der Waals surface area contributed by atoms with Crippen LogP contribution in [-0.4, -0.2) is 40.9 Å². The van der Waals surface area contributed by atoms with E-state index in [9.17, 15) is 4.79 Å². The molecular weight excluding hydrogens is 717 g/mol. The quantitative estimate of drug-likeness (QED) is 0.110. The number of nitrogens with zero attached hydrogens (tertiary/aromatic N) is 1. The zero-order chi connectivity index (χ0) is 41.2. The van der Waals surface area contributed by atoms with Gasteiger partial charge >= 0.3 is 5.97 Å². The predicted octanol–water partition coefficient (Wildman–Crippen LogP) is 9.97. The van der Waals surface area contributed by atoms with E-state index in [1.165, 1.54) is 68.6 Å². The van der Waals surface area contributed by atoms with Gasteiger partial charge in [-0.15, -0.1) is 0 Å². The van der Waals surface area contributed by atoms with Gasteiger partial charge in [-0.3, -0.25) is 0 Å². The molecule has 0 amide bonds. The number of H-pyrrole nitrogens is 3. The number of hydrogen-bond donors (Lipinski definition) is 3. The number of ether oxygens (including phenoxy) is 2. The Morgan fingerprint density at radius 3 is 1.72 bits per heavy atom. The lowest BCUT2D eigenvalue weighted by molar-refractivity contribution is 0.0600. The number of benzene rings is 2. The van der Waals surface area contributed by atoms with Gasteiger partial charge in [-0.1, -0.05) is 85.7 Å². The average molecular weight is 777 g/mol. The molecule has 302 valence electrons. The number of allylic oxidation sites excluding steroid dienone is 2. The Bertz CT molecular complexity index is 2580. The van der Waals surface area contributed by atoms with Gasteiger partial charge in [0.2, 0.25) is 0 Å². The Hall–Kier alpha value is -5.56. The molecule has 8 bridgehead atoms. The molecule has 3 N–H and O–H groups in total. The second-order valence-electron chi connectivity index (χ2n) is 15.2. The summed E-state index contributed by atoms with van der Waals surface area (Å²) in [6.07, 6.45) is 11.5. The number of aliphatic imine (C=N–C) groups is 1. The third-order valence-corrected chi connectivity index (χ3v) is 12.5. The Morgan fingerprint density at radius 2 is 1.19 bits per heavy atom. The average Bonchev–Trinajstić information content (AvgIpc) is 4.00. The van der Waals surface area contributed by atoms with Crippen LogP contribution in [0.4, 0.5) is 0 Å². The van der Waals surface area contributed by atoms with Crippen molar-refractivity contribution in [2.45, 2.75) is 113 Å². The SMILES string of the molecule is CCC1=C(CC)C2=NC1=Cc1[nH]c(c(CC)c1CC)C(c1ccc(OC)cc1)c1[nH]c(c(CC)c1CC)C=c1[nH]c(c(CC)c1CC)=C2c1ccccc1C(=O)OC. The van der Waals surface area contributed by atoms with Gasteiger partial charge in [0.25, 0.3) is 0 Å². The first-order chi connectivity index (χ1) is 28.2. The zero-order valence-electron chi connectivity index (χ0n) is 36.2. The fourth-order valence-electron chi connectivity index (χ4n) is 9.91. The molecule has 0 fully saturated rings. The minimum Gasteiger partial charge on any atom is -0.497 e. The number of aromatic nitrogens is 3. The molecule has 0 saturated heterocycles. The van der Waals surface area contributed by atoms with Gasteiger partial charge in [-0.2, -0.15) is 0 Å². The van der Waals surface area contributed by atoms with Crippen LogP contribution < -0.4 is 15.4 Å². The van der Waals surface area contributed by atoms with Crippen LogP contribution in [0.1, 0.15) is 152 Å². The molecule has 3 aromatic heterocycles. The molecule has 0 aliphatic carbocycles. The monoisotopic (exact) mass is 776 g/mol. The van der Waals surface area contributed by atoms with Crippen LogP contribution in [0.25, 0.3) is 17.7 Å². The summed E-state index contributed by atoms with van der Waals surface area (Å²) in [5.41, 5.74) is 20.4. The number of carbonyl (C=O) groups excluding carboxylic acids is 1. The predicted molar refractivity (Wildman–Crippen MR) is 239 cm³/mol. The maximum Gasteiger partial charge on any atom is 0.338 e. The van der Waals surface area contributed by atoms with E-state index >= 15 is 0 Å². The molecule has 0 spiro atoms. The van der Waals surface area contributed by atoms with Crippen LogP contribution >= 0.6 is 0 Å². The molecule has 2 aliphatic heterocycles. The van der Waals surface area contributed by atoms with Crippen LogP contribution in [-0.2, 0) is 43.3 Å². The second kappa shape index (κ2) is 17.1. The maximum atomic E-state index is 13.6. The summed E-state index contributed by atoms with van der Waals surface area (Å²) in [5, 5.41) is 2.09. The van der Waals surface area contributed by atoms with Crippen LogP contribution in [0.15, 0.2) is 70.4 Å². The van der Waals surface area contributed by atoms with E-state index in [4.69, 9.17) is 14.5 Å². The first-order valence-electron chi connectivity index (χ1n) is 21.5. The van der Waals surface area contributed by atoms with Crippen molar-refractivity contribution in [3.8, 4) is 5.75 Å². The van der Waals surface area contributed by atoms with Crippen molar-refractivity contribution < 1.29 is 14.3 Å². The van der Waals surface area contributed by atoms with Gasteiger partial charge in [0.1, 0.15) is 5.75 Å². The molecular formula is C51H60N4O3. The Labute approximate surface area is 344 Å². The highest BCUT2D eigenvalue weighted by Gasteiger charge is 2.32. The number of rotatable bonds is 12. The van der Waals surface area contributed by atoms with Crippen LogP contribution in [0.5, 0.6) is 5.75 Å². The molecule has 5 aromatic rings. The van der Waals surface area contributed by atoms with Crippen LogP contribution in [0.2, 0.25) is 0 Å². The maximum absolute atomic E-state index is 13.6. The molecule has 0 radical (unpaired) electrons. The number of nitrogens with one attached hydrogen (secondary N) is 3. The number of carbonyl (C=O) groups is 1. The lowest BCUT2D eigenvalue weighted by Gasteiger charge is -2.20. The summed E-state index contributed by atoms with van der Waals surface area (Å²) >= 11 is 0. The first kappa shape index (κ1) is 40.6. The van der Waals surface area contributed by atoms with Gasteiger partial charge in [-0.25, -0.2) is 9.79 Å². The largest absolute Gasteiger partial charge is 0.497 e. The van der Waals surface area contributed by atoms with Gasteiger partial charge in [0.05, 0.1) is 42.5 Å². The van der Waals surface area contributed by atoms with Gasteiger partial charge in [0.15, 0.2) is 0 Å². The summed E-state index contributed by atoms with van der Waals surface area (Å²) in [6, 6.07) is 16.5. The van der Waals surface area contributed by atoms with E-state index in [0.717, 1.165) is 102 Å². The summed E-state index contributed by atoms with van der Waals surface area (Å²) in [6.45, 7) is 18.0. The van der Waals surface area contributed by atoms with Crippen molar-refractivity contribution in [3.05, 3.63) is 149 Å². The van der Waals surface area contributed by atoms with E-state index in [1.54, 1.807) is 7.11 Å². The van der Waals surface area contributed by atoms with Crippen LogP contribution in [0.3, 0.4) is 0 Å². The number of hydrogen-bond acceptors (Lipinski definition) is 4. The third-order valence-electron chi connectivity index (χ3n) is 12.5. The number of aromatic amines is 3. The summed E-state index contributed by atoms with van der Waals surface area (Å²) in [5.74, 6) is 0.420. The molecule has 1 unspecified atom stereocenters. The standard InChI is InChI=1S/C51H60N4O3/c1-11-31-35(15-5)47-45(29-23-25-30(57-9)26-24-29)48-36(16-6)32(12-2)42(53-48)28-44-34(14-4)38(18-8)50(55-44)46(39-21-19-20-22-40(39)51(56)58-10)49-37(17-7)33(13-3)43(54-49)27-41(31)52-47/h19-28,45,52-54H,11-18H2,1-10H3. The van der Waals surface area contributed by atoms with E-state index in [1.807, 2.05) is 18.2 Å². The Balaban J connectivity index is 1.73. The van der Waals surface area contributed by atoms with Gasteiger partial charge in [-0.05, 0) is 132 Å². The third kappa shape index (κ3) is 6.72. The smallest absolute Gasteiger partial charge is 0.338 e. The van der Waals surface area contributed by atoms with Crippen molar-refractivity contribution in [3.63, 3.8) is 0 Å². The van der Waals surface area contributed by atoms with E-state index in [2.05, 4.69) is 113 Å². The number of fused-ring (bicyclic) bond motifs is 7. The normalized spacial score (nSPS) is 15.1. The fourth-order valence-corrected chi connectivity index (χ4v) is 9.91. The molecule has 7 nitrogen and oxygen atoms in total. The molecule has 2 aliphatic rings. The highest BCUT2D eigenvalue weighted by Crippen LogP contribution is 2.42. The first-order valence-corrected chi connectivity index (χ1v) is 21.5.